The number of halogens is 3. The number of nitrogens with zero attached hydrogens (tertiary/aromatic N) is 2. The lowest BCUT2D eigenvalue weighted by Gasteiger charge is -2.36. The van der Waals surface area contributed by atoms with Crippen LogP contribution in [0.25, 0.3) is 0 Å². The number of piperidine rings is 2. The van der Waals surface area contributed by atoms with Crippen LogP contribution in [0, 0.1) is 23.5 Å². The van der Waals surface area contributed by atoms with Gasteiger partial charge in [0.2, 0.25) is 0 Å². The molecule has 0 bridgehead atoms. The molecule has 4 nitrogen and oxygen atoms in total. The molecule has 0 radical (unpaired) electrons. The molecular weight excluding hydrogens is 446 g/mol. The molecule has 0 aliphatic carbocycles. The van der Waals surface area contributed by atoms with Gasteiger partial charge in [0.15, 0.2) is 0 Å². The minimum Gasteiger partial charge on any atom is -0.396 e. The quantitative estimate of drug-likeness (QED) is 0.688. The van der Waals surface area contributed by atoms with Crippen molar-refractivity contribution in [3.63, 3.8) is 0 Å². The van der Waals surface area contributed by atoms with Crippen LogP contribution in [0.15, 0.2) is 48.5 Å². The molecule has 2 saturated heterocycles. The first-order valence-corrected chi connectivity index (χ1v) is 11.5. The van der Waals surface area contributed by atoms with Crippen molar-refractivity contribution < 1.29 is 19.0 Å². The second kappa shape index (κ2) is 13.4. The van der Waals surface area contributed by atoms with E-state index in [1.54, 1.807) is 0 Å². The van der Waals surface area contributed by atoms with Crippen LogP contribution in [0.5, 0.6) is 0 Å². The van der Waals surface area contributed by atoms with Crippen LogP contribution in [0.1, 0.15) is 35.8 Å². The molecule has 0 unspecified atom stereocenters. The van der Waals surface area contributed by atoms with Gasteiger partial charge in [-0.1, -0.05) is 24.3 Å². The molecule has 4 atom stereocenters. The van der Waals surface area contributed by atoms with Gasteiger partial charge in [-0.3, -0.25) is 0 Å². The maximum atomic E-state index is 12.8. The summed E-state index contributed by atoms with van der Waals surface area (Å²) in [5, 5.41) is 18.8. The van der Waals surface area contributed by atoms with Gasteiger partial charge in [-0.05, 0) is 87.3 Å². The minimum absolute atomic E-state index is 0. The van der Waals surface area contributed by atoms with Gasteiger partial charge in [-0.2, -0.15) is 0 Å². The Hall–Kier alpha value is -1.57. The van der Waals surface area contributed by atoms with Gasteiger partial charge >= 0.3 is 0 Å². The normalized spacial score (nSPS) is 26.1. The molecule has 33 heavy (non-hydrogen) atoms. The topological polar surface area (TPSA) is 46.9 Å². The predicted octanol–water partition coefficient (Wildman–Crippen LogP) is 4.13. The van der Waals surface area contributed by atoms with Crippen molar-refractivity contribution in [1.82, 2.24) is 9.80 Å². The molecule has 184 valence electrons. The molecule has 2 fully saturated rings. The molecule has 0 aromatic heterocycles. The Morgan fingerprint density at radius 3 is 1.33 bits per heavy atom. The highest BCUT2D eigenvalue weighted by molar-refractivity contribution is 5.85. The summed E-state index contributed by atoms with van der Waals surface area (Å²) in [6, 6.07) is 13.4. The van der Waals surface area contributed by atoms with Gasteiger partial charge in [-0.15, -0.1) is 12.4 Å². The van der Waals surface area contributed by atoms with E-state index in [0.717, 1.165) is 50.1 Å². The van der Waals surface area contributed by atoms with Gasteiger partial charge in [0.05, 0.1) is 0 Å². The van der Waals surface area contributed by atoms with E-state index < -0.39 is 0 Å². The van der Waals surface area contributed by atoms with Gasteiger partial charge in [0, 0.05) is 38.1 Å². The molecule has 4 rings (SSSR count). The lowest BCUT2D eigenvalue weighted by Crippen LogP contribution is -2.38. The second-order valence-corrected chi connectivity index (χ2v) is 9.30. The summed E-state index contributed by atoms with van der Waals surface area (Å²) in [7, 11) is 4.15. The average Bonchev–Trinajstić information content (AvgIpc) is 2.80. The molecule has 0 amide bonds. The first kappa shape index (κ1) is 27.7. The van der Waals surface area contributed by atoms with Gasteiger partial charge in [0.25, 0.3) is 0 Å². The van der Waals surface area contributed by atoms with E-state index in [9.17, 15) is 19.0 Å². The fraction of sp³-hybridized carbons (Fsp3) is 0.538. The van der Waals surface area contributed by atoms with Crippen LogP contribution in [-0.4, -0.2) is 73.5 Å². The van der Waals surface area contributed by atoms with E-state index in [1.165, 1.54) is 24.3 Å². The molecule has 2 N–H and O–H groups in total. The molecule has 7 heteroatoms. The standard InChI is InChI=1S/2C13H18FNO.ClH/c2*1-15-7-6-13(11(8-15)9-16)10-2-4-12(14)5-3-10;/h2*2-5,11,13,16H,6-9H2,1H3;1H/t2*11-,13+;/m10./s1. The monoisotopic (exact) mass is 482 g/mol. The summed E-state index contributed by atoms with van der Waals surface area (Å²) in [5.74, 6) is 0.867. The lowest BCUT2D eigenvalue weighted by molar-refractivity contribution is 0.118. The van der Waals surface area contributed by atoms with Gasteiger partial charge in [0.1, 0.15) is 11.6 Å². The maximum Gasteiger partial charge on any atom is 0.123 e. The number of benzene rings is 2. The number of hydrogen-bond acceptors (Lipinski definition) is 4. The zero-order valence-electron chi connectivity index (χ0n) is 19.5. The largest absolute Gasteiger partial charge is 0.396 e. The highest BCUT2D eigenvalue weighted by Gasteiger charge is 2.29. The Labute approximate surface area is 202 Å². The third kappa shape index (κ3) is 7.72. The van der Waals surface area contributed by atoms with Crippen LogP contribution >= 0.6 is 12.4 Å². The van der Waals surface area contributed by atoms with Crippen LogP contribution in [0.4, 0.5) is 8.78 Å². The lowest BCUT2D eigenvalue weighted by atomic mass is 9.81. The maximum absolute atomic E-state index is 12.8. The third-order valence-corrected chi connectivity index (χ3v) is 6.94. The highest BCUT2D eigenvalue weighted by atomic mass is 35.5. The Balaban J connectivity index is 0.000000227. The van der Waals surface area contributed by atoms with E-state index in [4.69, 9.17) is 0 Å². The van der Waals surface area contributed by atoms with Crippen molar-refractivity contribution >= 4 is 12.4 Å². The number of likely N-dealkylation sites (tertiary alicyclic amines) is 2. The molecule has 0 saturated carbocycles. The van der Waals surface area contributed by atoms with Crippen LogP contribution in [-0.2, 0) is 0 Å². The first-order chi connectivity index (χ1) is 15.4. The number of hydrogen-bond donors (Lipinski definition) is 2. The Morgan fingerprint density at radius 2 is 1.03 bits per heavy atom. The van der Waals surface area contributed by atoms with E-state index >= 15 is 0 Å². The highest BCUT2D eigenvalue weighted by Crippen LogP contribution is 2.33. The summed E-state index contributed by atoms with van der Waals surface area (Å²) in [4.78, 5) is 4.47. The Kier molecular flexibility index (Phi) is 11.2. The SMILES string of the molecule is CN1CC[C@@H](c2ccc(F)cc2)[C@@H](CO)C1.CN1CC[C@H](c2ccc(F)cc2)[C@H](CO)C1.Cl. The van der Waals surface area contributed by atoms with E-state index in [-0.39, 0.29) is 49.1 Å². The van der Waals surface area contributed by atoms with Crippen molar-refractivity contribution in [2.45, 2.75) is 24.7 Å². The zero-order chi connectivity index (χ0) is 23.1. The molecule has 2 aliphatic heterocycles. The van der Waals surface area contributed by atoms with Crippen molar-refractivity contribution in [2.24, 2.45) is 11.8 Å². The van der Waals surface area contributed by atoms with Crippen molar-refractivity contribution in [3.05, 3.63) is 71.3 Å². The van der Waals surface area contributed by atoms with E-state index in [2.05, 4.69) is 23.9 Å². The van der Waals surface area contributed by atoms with Gasteiger partial charge in [-0.25, -0.2) is 8.78 Å². The van der Waals surface area contributed by atoms with Crippen LogP contribution < -0.4 is 0 Å². The fourth-order valence-electron chi connectivity index (χ4n) is 5.10. The Morgan fingerprint density at radius 1 is 0.697 bits per heavy atom. The molecular formula is C26H37ClF2N2O2. The number of aliphatic hydroxyl groups excluding tert-OH is 2. The summed E-state index contributed by atoms with van der Waals surface area (Å²) >= 11 is 0. The summed E-state index contributed by atoms with van der Waals surface area (Å²) in [5.41, 5.74) is 2.29. The molecule has 2 aromatic carbocycles. The number of rotatable bonds is 4. The van der Waals surface area contributed by atoms with E-state index in [0.29, 0.717) is 11.8 Å². The fourth-order valence-corrected chi connectivity index (χ4v) is 5.10. The zero-order valence-corrected chi connectivity index (χ0v) is 20.4. The van der Waals surface area contributed by atoms with Crippen molar-refractivity contribution in [1.29, 1.82) is 0 Å². The van der Waals surface area contributed by atoms with Crippen molar-refractivity contribution in [3.8, 4) is 0 Å². The molecule has 2 heterocycles. The predicted molar refractivity (Wildman–Crippen MR) is 131 cm³/mol. The summed E-state index contributed by atoms with van der Waals surface area (Å²) in [6.07, 6.45) is 2.07. The van der Waals surface area contributed by atoms with Crippen LogP contribution in [0.3, 0.4) is 0 Å². The summed E-state index contributed by atoms with van der Waals surface area (Å²) in [6.45, 7) is 4.31. The smallest absolute Gasteiger partial charge is 0.123 e. The second-order valence-electron chi connectivity index (χ2n) is 9.30. The third-order valence-electron chi connectivity index (χ3n) is 6.94. The first-order valence-electron chi connectivity index (χ1n) is 11.5. The van der Waals surface area contributed by atoms with Gasteiger partial charge < -0.3 is 20.0 Å². The van der Waals surface area contributed by atoms with Crippen molar-refractivity contribution in [2.75, 3.05) is 53.5 Å². The molecule has 2 aliphatic rings. The van der Waals surface area contributed by atoms with Crippen LogP contribution in [0.2, 0.25) is 0 Å². The summed E-state index contributed by atoms with van der Waals surface area (Å²) < 4.78 is 25.7. The molecule has 2 aromatic rings. The molecule has 0 spiro atoms. The minimum atomic E-state index is -0.197. The average molecular weight is 483 g/mol. The Bertz CT molecular complexity index is 753. The van der Waals surface area contributed by atoms with E-state index in [1.807, 2.05) is 24.3 Å². The number of aliphatic hydroxyl groups is 2.